The normalized spacial score (nSPS) is 12.2. The fourth-order valence-electron chi connectivity index (χ4n) is 2.31. The summed E-state index contributed by atoms with van der Waals surface area (Å²) >= 11 is 6.10. The van der Waals surface area contributed by atoms with Crippen molar-refractivity contribution in [3.63, 3.8) is 0 Å². The van der Waals surface area contributed by atoms with E-state index in [1.165, 1.54) is 19.1 Å². The fraction of sp³-hybridized carbons (Fsp3) is 0.105. The number of carbonyl (C=O) groups is 2. The predicted octanol–water partition coefficient (Wildman–Crippen LogP) is 3.57. The van der Waals surface area contributed by atoms with Crippen LogP contribution >= 0.6 is 11.6 Å². The molecule has 1 atom stereocenters. The number of esters is 1. The lowest BCUT2D eigenvalue weighted by Gasteiger charge is -2.12. The zero-order chi connectivity index (χ0) is 18.5. The van der Waals surface area contributed by atoms with E-state index in [0.717, 1.165) is 0 Å². The number of hydrogen-bond donors (Lipinski definition) is 1. The Hall–Kier alpha value is -3.12. The lowest BCUT2D eigenvalue weighted by atomic mass is 10.3. The highest BCUT2D eigenvalue weighted by Crippen LogP contribution is 2.19. The van der Waals surface area contributed by atoms with Gasteiger partial charge in [-0.2, -0.15) is 0 Å². The zero-order valence-electron chi connectivity index (χ0n) is 13.9. The quantitative estimate of drug-likeness (QED) is 0.551. The van der Waals surface area contributed by atoms with Crippen molar-refractivity contribution in [3.8, 4) is 0 Å². The summed E-state index contributed by atoms with van der Waals surface area (Å²) in [6.07, 6.45) is 3.57. The molecule has 0 unspecified atom stereocenters. The molecule has 0 saturated heterocycles. The average molecular weight is 370 g/mol. The molecule has 132 valence electrons. The van der Waals surface area contributed by atoms with Crippen LogP contribution in [0.4, 0.5) is 5.69 Å². The minimum Gasteiger partial charge on any atom is -0.449 e. The van der Waals surface area contributed by atoms with Gasteiger partial charge in [0, 0.05) is 18.0 Å². The molecule has 0 bridgehead atoms. The van der Waals surface area contributed by atoms with Crippen molar-refractivity contribution in [2.24, 2.45) is 0 Å². The number of ether oxygens (including phenoxy) is 1. The lowest BCUT2D eigenvalue weighted by Crippen LogP contribution is -2.29. The molecule has 0 spiro atoms. The molecule has 2 heterocycles. The van der Waals surface area contributed by atoms with Crippen molar-refractivity contribution >= 4 is 40.9 Å². The maximum absolute atomic E-state index is 12.1. The molecule has 0 fully saturated rings. The first-order valence-corrected chi connectivity index (χ1v) is 8.29. The smallest absolute Gasteiger partial charge is 0.331 e. The first kappa shape index (κ1) is 17.7. The summed E-state index contributed by atoms with van der Waals surface area (Å²) < 4.78 is 6.87. The Morgan fingerprint density at radius 3 is 2.69 bits per heavy atom. The number of para-hydroxylation sites is 1. The van der Waals surface area contributed by atoms with E-state index in [-0.39, 0.29) is 5.15 Å². The molecule has 26 heavy (non-hydrogen) atoms. The molecule has 1 N–H and O–H groups in total. The number of hydrogen-bond acceptors (Lipinski definition) is 4. The van der Waals surface area contributed by atoms with Crippen LogP contribution in [-0.2, 0) is 14.3 Å². The molecule has 0 radical (unpaired) electrons. The largest absolute Gasteiger partial charge is 0.449 e. The highest BCUT2D eigenvalue weighted by atomic mass is 35.5. The van der Waals surface area contributed by atoms with E-state index in [2.05, 4.69) is 10.3 Å². The Balaban J connectivity index is 1.63. The molecule has 1 aromatic carbocycles. The van der Waals surface area contributed by atoms with Gasteiger partial charge in [-0.15, -0.1) is 0 Å². The van der Waals surface area contributed by atoms with Crippen LogP contribution in [0, 0.1) is 0 Å². The van der Waals surface area contributed by atoms with E-state index in [1.54, 1.807) is 40.9 Å². The molecule has 0 aliphatic heterocycles. The molecule has 3 rings (SSSR count). The molecular weight excluding hydrogens is 354 g/mol. The Morgan fingerprint density at radius 1 is 1.19 bits per heavy atom. The van der Waals surface area contributed by atoms with Gasteiger partial charge in [-0.1, -0.05) is 35.9 Å². The molecule has 0 aliphatic carbocycles. The third-order valence-electron chi connectivity index (χ3n) is 3.60. The van der Waals surface area contributed by atoms with Gasteiger partial charge in [0.1, 0.15) is 5.65 Å². The summed E-state index contributed by atoms with van der Waals surface area (Å²) in [7, 11) is 0. The Labute approximate surface area is 155 Å². The van der Waals surface area contributed by atoms with Gasteiger partial charge in [0.2, 0.25) is 0 Å². The van der Waals surface area contributed by atoms with Gasteiger partial charge < -0.3 is 10.1 Å². The highest BCUT2D eigenvalue weighted by Gasteiger charge is 2.17. The number of aromatic nitrogens is 2. The summed E-state index contributed by atoms with van der Waals surface area (Å²) in [5, 5.41) is 2.95. The van der Waals surface area contributed by atoms with E-state index in [9.17, 15) is 9.59 Å². The van der Waals surface area contributed by atoms with Crippen molar-refractivity contribution in [2.75, 3.05) is 5.32 Å². The maximum Gasteiger partial charge on any atom is 0.331 e. The molecule has 1 amide bonds. The summed E-state index contributed by atoms with van der Waals surface area (Å²) in [6, 6.07) is 14.4. The van der Waals surface area contributed by atoms with E-state index < -0.39 is 18.0 Å². The molecule has 0 saturated carbocycles. The Kier molecular flexibility index (Phi) is 5.34. The van der Waals surface area contributed by atoms with Gasteiger partial charge in [0.05, 0.1) is 5.69 Å². The van der Waals surface area contributed by atoms with Gasteiger partial charge >= 0.3 is 5.97 Å². The molecule has 6 nitrogen and oxygen atoms in total. The van der Waals surface area contributed by atoms with Gasteiger partial charge in [0.15, 0.2) is 11.3 Å². The second kappa shape index (κ2) is 7.84. The Morgan fingerprint density at radius 2 is 1.92 bits per heavy atom. The molecular formula is C19H16ClN3O3. The number of carbonyl (C=O) groups excluding carboxylic acids is 2. The third-order valence-corrected chi connectivity index (χ3v) is 3.88. The van der Waals surface area contributed by atoms with Crippen molar-refractivity contribution in [2.45, 2.75) is 13.0 Å². The van der Waals surface area contributed by atoms with E-state index in [4.69, 9.17) is 16.3 Å². The summed E-state index contributed by atoms with van der Waals surface area (Å²) in [5.41, 5.74) is 1.86. The minimum absolute atomic E-state index is 0.273. The SMILES string of the molecule is C[C@H](OC(=O)/C=C/c1c(Cl)nc2ccccn12)C(=O)Nc1ccccc1. The molecule has 0 aliphatic rings. The number of nitrogens with one attached hydrogen (secondary N) is 1. The number of pyridine rings is 1. The number of fused-ring (bicyclic) bond motifs is 1. The average Bonchev–Trinajstić information content (AvgIpc) is 2.96. The van der Waals surface area contributed by atoms with E-state index in [0.29, 0.717) is 17.0 Å². The zero-order valence-corrected chi connectivity index (χ0v) is 14.7. The van der Waals surface area contributed by atoms with Crippen molar-refractivity contribution in [3.05, 3.63) is 71.7 Å². The molecule has 2 aromatic heterocycles. The maximum atomic E-state index is 12.1. The molecule has 7 heteroatoms. The minimum atomic E-state index is -0.940. The number of benzene rings is 1. The summed E-state index contributed by atoms with van der Waals surface area (Å²) in [4.78, 5) is 28.2. The number of imidazole rings is 1. The van der Waals surface area contributed by atoms with Gasteiger partial charge in [-0.3, -0.25) is 9.20 Å². The van der Waals surface area contributed by atoms with Crippen molar-refractivity contribution in [1.29, 1.82) is 0 Å². The first-order valence-electron chi connectivity index (χ1n) is 7.92. The number of nitrogens with zero attached hydrogens (tertiary/aromatic N) is 2. The predicted molar refractivity (Wildman–Crippen MR) is 99.9 cm³/mol. The van der Waals surface area contributed by atoms with Crippen molar-refractivity contribution < 1.29 is 14.3 Å². The highest BCUT2D eigenvalue weighted by molar-refractivity contribution is 6.31. The lowest BCUT2D eigenvalue weighted by molar-refractivity contribution is -0.148. The van der Waals surface area contributed by atoms with Gasteiger partial charge in [-0.05, 0) is 37.3 Å². The van der Waals surface area contributed by atoms with Crippen LogP contribution in [0.1, 0.15) is 12.6 Å². The summed E-state index contributed by atoms with van der Waals surface area (Å²) in [6.45, 7) is 1.51. The first-order chi connectivity index (χ1) is 12.5. The second-order valence-electron chi connectivity index (χ2n) is 5.48. The van der Waals surface area contributed by atoms with Crippen LogP contribution in [0.2, 0.25) is 5.15 Å². The van der Waals surface area contributed by atoms with Crippen LogP contribution in [0.5, 0.6) is 0 Å². The van der Waals surface area contributed by atoms with Crippen LogP contribution in [0.3, 0.4) is 0 Å². The number of amides is 1. The van der Waals surface area contributed by atoms with Gasteiger partial charge in [0.25, 0.3) is 5.91 Å². The topological polar surface area (TPSA) is 72.7 Å². The van der Waals surface area contributed by atoms with Crippen LogP contribution in [-0.4, -0.2) is 27.4 Å². The number of halogens is 1. The summed E-state index contributed by atoms with van der Waals surface area (Å²) in [5.74, 6) is -1.06. The van der Waals surface area contributed by atoms with Gasteiger partial charge in [-0.25, -0.2) is 9.78 Å². The second-order valence-corrected chi connectivity index (χ2v) is 5.84. The van der Waals surface area contributed by atoms with Crippen LogP contribution in [0.25, 0.3) is 11.7 Å². The molecule has 3 aromatic rings. The van der Waals surface area contributed by atoms with E-state index >= 15 is 0 Å². The fourth-order valence-corrected chi connectivity index (χ4v) is 2.56. The van der Waals surface area contributed by atoms with Crippen LogP contribution < -0.4 is 5.32 Å². The number of rotatable bonds is 5. The van der Waals surface area contributed by atoms with Crippen LogP contribution in [0.15, 0.2) is 60.8 Å². The van der Waals surface area contributed by atoms with E-state index in [1.807, 2.05) is 18.2 Å². The number of anilines is 1. The van der Waals surface area contributed by atoms with Crippen molar-refractivity contribution in [1.82, 2.24) is 9.38 Å². The monoisotopic (exact) mass is 369 g/mol. The Bertz CT molecular complexity index is 967. The standard InChI is InChI=1S/C19H16ClN3O3/c1-13(19(25)21-14-7-3-2-4-8-14)26-17(24)11-10-15-18(20)22-16-9-5-6-12-23(15)16/h2-13H,1H3,(H,21,25)/b11-10+/t13-/m0/s1. The third kappa shape index (κ3) is 4.10.